The molecule has 1 aliphatic rings. The fourth-order valence-electron chi connectivity index (χ4n) is 4.91. The lowest BCUT2D eigenvalue weighted by atomic mass is 9.98. The van der Waals surface area contributed by atoms with Crippen molar-refractivity contribution in [3.8, 4) is 16.9 Å². The molecule has 1 atom stereocenters. The van der Waals surface area contributed by atoms with E-state index in [1.165, 1.54) is 9.80 Å². The van der Waals surface area contributed by atoms with Crippen molar-refractivity contribution >= 4 is 24.2 Å². The van der Waals surface area contributed by atoms with E-state index in [9.17, 15) is 24.3 Å². The zero-order valence-electron chi connectivity index (χ0n) is 26.1. The summed E-state index contributed by atoms with van der Waals surface area (Å²) in [6.07, 6.45) is -1.95. The van der Waals surface area contributed by atoms with E-state index in [1.54, 1.807) is 59.1 Å². The number of ether oxygens (including phenoxy) is 3. The van der Waals surface area contributed by atoms with Crippen molar-refractivity contribution in [3.63, 3.8) is 0 Å². The zero-order chi connectivity index (χ0) is 32.7. The van der Waals surface area contributed by atoms with Crippen LogP contribution in [-0.4, -0.2) is 84.6 Å². The lowest BCUT2D eigenvalue weighted by Gasteiger charge is -2.26. The molecular weight excluding hydrogens is 578 g/mol. The average Bonchev–Trinajstić information content (AvgIpc) is 3.31. The lowest BCUT2D eigenvalue weighted by molar-refractivity contribution is -0.139. The molecule has 11 heteroatoms. The number of aliphatic carboxylic acids is 1. The van der Waals surface area contributed by atoms with Crippen molar-refractivity contribution in [2.75, 3.05) is 33.8 Å². The maximum Gasteiger partial charge on any atom is 0.415 e. The summed E-state index contributed by atoms with van der Waals surface area (Å²) in [5.41, 5.74) is 4.29. The first-order valence-electron chi connectivity index (χ1n) is 14.6. The average molecular weight is 618 g/mol. The van der Waals surface area contributed by atoms with Gasteiger partial charge >= 0.3 is 24.2 Å². The summed E-state index contributed by atoms with van der Waals surface area (Å²) in [6.45, 7) is 5.85. The number of nitrogens with one attached hydrogen (secondary N) is 1. The van der Waals surface area contributed by atoms with E-state index in [-0.39, 0.29) is 37.8 Å². The van der Waals surface area contributed by atoms with Crippen LogP contribution in [0.1, 0.15) is 43.4 Å². The number of amides is 3. The van der Waals surface area contributed by atoms with Gasteiger partial charge in [0.2, 0.25) is 0 Å². The SMILES string of the molecule is CN(CCN(C)C(=O)OC(C)(C)C)C(=O)Oc1ccc(C[C@H](NC(=O)OCC2c3ccccc3-c3ccccc32)C(=O)O)cc1. The van der Waals surface area contributed by atoms with Crippen LogP contribution in [-0.2, 0) is 20.7 Å². The van der Waals surface area contributed by atoms with Gasteiger partial charge in [-0.05, 0) is 60.7 Å². The summed E-state index contributed by atoms with van der Waals surface area (Å²) in [7, 11) is 3.13. The molecular formula is C34H39N3O8. The Morgan fingerprint density at radius 3 is 1.89 bits per heavy atom. The van der Waals surface area contributed by atoms with Crippen molar-refractivity contribution in [3.05, 3.63) is 89.5 Å². The molecule has 2 N–H and O–H groups in total. The Morgan fingerprint density at radius 2 is 1.36 bits per heavy atom. The van der Waals surface area contributed by atoms with Crippen LogP contribution >= 0.6 is 0 Å². The van der Waals surface area contributed by atoms with E-state index in [0.717, 1.165) is 22.3 Å². The summed E-state index contributed by atoms with van der Waals surface area (Å²) in [5.74, 6) is -1.10. The number of carboxylic acids is 1. The molecule has 3 amide bonds. The Labute approximate surface area is 262 Å². The van der Waals surface area contributed by atoms with Gasteiger partial charge in [-0.15, -0.1) is 0 Å². The number of carbonyl (C=O) groups is 4. The number of likely N-dealkylation sites (N-methyl/N-ethyl adjacent to an activating group) is 2. The number of benzene rings is 3. The van der Waals surface area contributed by atoms with Gasteiger partial charge in [0.25, 0.3) is 0 Å². The maximum absolute atomic E-state index is 12.7. The molecule has 1 aliphatic carbocycles. The number of rotatable bonds is 10. The highest BCUT2D eigenvalue weighted by Crippen LogP contribution is 2.44. The van der Waals surface area contributed by atoms with E-state index in [2.05, 4.69) is 5.32 Å². The Kier molecular flexibility index (Phi) is 10.3. The molecule has 11 nitrogen and oxygen atoms in total. The summed E-state index contributed by atoms with van der Waals surface area (Å²) < 4.78 is 16.2. The van der Waals surface area contributed by atoms with Crippen LogP contribution in [0.25, 0.3) is 11.1 Å². The summed E-state index contributed by atoms with van der Waals surface area (Å²) in [4.78, 5) is 52.0. The number of alkyl carbamates (subject to hydrolysis) is 1. The highest BCUT2D eigenvalue weighted by Gasteiger charge is 2.30. The molecule has 0 spiro atoms. The molecule has 3 aromatic rings. The molecule has 0 bridgehead atoms. The summed E-state index contributed by atoms with van der Waals surface area (Å²) >= 11 is 0. The van der Waals surface area contributed by atoms with Crippen LogP contribution in [0.5, 0.6) is 5.75 Å². The van der Waals surface area contributed by atoms with E-state index < -0.39 is 35.9 Å². The zero-order valence-corrected chi connectivity index (χ0v) is 26.1. The second kappa shape index (κ2) is 14.1. The first-order valence-corrected chi connectivity index (χ1v) is 14.6. The van der Waals surface area contributed by atoms with Gasteiger partial charge in [0.05, 0.1) is 0 Å². The largest absolute Gasteiger partial charge is 0.480 e. The van der Waals surface area contributed by atoms with Gasteiger partial charge in [0.15, 0.2) is 0 Å². The van der Waals surface area contributed by atoms with Crippen molar-refractivity contribution in [2.24, 2.45) is 0 Å². The van der Waals surface area contributed by atoms with Gasteiger partial charge in [-0.25, -0.2) is 19.2 Å². The third kappa shape index (κ3) is 8.75. The Balaban J connectivity index is 1.26. The van der Waals surface area contributed by atoms with E-state index in [4.69, 9.17) is 14.2 Å². The smallest absolute Gasteiger partial charge is 0.415 e. The topological polar surface area (TPSA) is 135 Å². The van der Waals surface area contributed by atoms with Gasteiger partial charge in [0, 0.05) is 39.5 Å². The van der Waals surface area contributed by atoms with E-state index >= 15 is 0 Å². The third-order valence-electron chi connectivity index (χ3n) is 7.29. The van der Waals surface area contributed by atoms with Crippen LogP contribution < -0.4 is 10.1 Å². The van der Waals surface area contributed by atoms with Gasteiger partial charge in [-0.1, -0.05) is 60.7 Å². The molecule has 0 saturated heterocycles. The monoisotopic (exact) mass is 617 g/mol. The highest BCUT2D eigenvalue weighted by atomic mass is 16.6. The van der Waals surface area contributed by atoms with Crippen LogP contribution in [0.3, 0.4) is 0 Å². The molecule has 0 aliphatic heterocycles. The minimum absolute atomic E-state index is 0.00927. The minimum atomic E-state index is -1.23. The molecule has 0 heterocycles. The number of hydrogen-bond acceptors (Lipinski definition) is 7. The molecule has 0 fully saturated rings. The van der Waals surface area contributed by atoms with Gasteiger partial charge < -0.3 is 34.4 Å². The van der Waals surface area contributed by atoms with Crippen molar-refractivity contribution in [2.45, 2.75) is 44.8 Å². The fraction of sp³-hybridized carbons (Fsp3) is 0.353. The molecule has 0 unspecified atom stereocenters. The Morgan fingerprint density at radius 1 is 0.822 bits per heavy atom. The molecule has 4 rings (SSSR count). The fourth-order valence-corrected chi connectivity index (χ4v) is 4.91. The molecule has 0 aromatic heterocycles. The first-order chi connectivity index (χ1) is 21.3. The Hall–Kier alpha value is -5.06. The molecule has 3 aromatic carbocycles. The van der Waals surface area contributed by atoms with Crippen LogP contribution in [0, 0.1) is 0 Å². The first kappa shape index (κ1) is 32.8. The number of nitrogens with zero attached hydrogens (tertiary/aromatic N) is 2. The van der Waals surface area contributed by atoms with E-state index in [1.807, 2.05) is 48.5 Å². The van der Waals surface area contributed by atoms with Crippen molar-refractivity contribution < 1.29 is 38.5 Å². The molecule has 0 saturated carbocycles. The highest BCUT2D eigenvalue weighted by molar-refractivity contribution is 5.81. The number of carbonyl (C=O) groups excluding carboxylic acids is 3. The molecule has 0 radical (unpaired) electrons. The summed E-state index contributed by atoms with van der Waals surface area (Å²) in [5, 5.41) is 12.2. The second-order valence-corrected chi connectivity index (χ2v) is 11.9. The van der Waals surface area contributed by atoms with Crippen molar-refractivity contribution in [1.29, 1.82) is 0 Å². The van der Waals surface area contributed by atoms with E-state index in [0.29, 0.717) is 5.56 Å². The second-order valence-electron chi connectivity index (χ2n) is 11.9. The minimum Gasteiger partial charge on any atom is -0.480 e. The number of fused-ring (bicyclic) bond motifs is 3. The van der Waals surface area contributed by atoms with Crippen LogP contribution in [0.15, 0.2) is 72.8 Å². The maximum atomic E-state index is 12.7. The normalized spacial score (nSPS) is 12.7. The quantitative estimate of drug-likeness (QED) is 0.304. The predicted molar refractivity (Wildman–Crippen MR) is 167 cm³/mol. The van der Waals surface area contributed by atoms with Crippen molar-refractivity contribution in [1.82, 2.24) is 15.1 Å². The Bertz CT molecular complexity index is 1490. The van der Waals surface area contributed by atoms with Crippen LogP contribution in [0.2, 0.25) is 0 Å². The third-order valence-corrected chi connectivity index (χ3v) is 7.29. The lowest BCUT2D eigenvalue weighted by Crippen LogP contribution is -2.42. The number of carboxylic acid groups (broad SMARTS) is 1. The molecule has 45 heavy (non-hydrogen) atoms. The number of hydrogen-bond donors (Lipinski definition) is 2. The standard InChI is InChI=1S/C34H39N3O8/c1-34(2,3)45-33(42)37(5)19-18-36(4)32(41)44-23-16-14-22(15-17-23)20-29(30(38)39)35-31(40)43-21-28-26-12-8-6-10-24(26)25-11-7-9-13-27(25)28/h6-17,28-29H,18-21H2,1-5H3,(H,35,40)(H,38,39)/t29-/m0/s1. The van der Waals surface area contributed by atoms with Gasteiger partial charge in [-0.2, -0.15) is 0 Å². The predicted octanol–water partition coefficient (Wildman–Crippen LogP) is 5.52. The summed E-state index contributed by atoms with van der Waals surface area (Å²) in [6, 6.07) is 21.0. The van der Waals surface area contributed by atoms with Crippen LogP contribution in [0.4, 0.5) is 14.4 Å². The van der Waals surface area contributed by atoms with Gasteiger partial charge in [-0.3, -0.25) is 0 Å². The molecule has 238 valence electrons. The van der Waals surface area contributed by atoms with Gasteiger partial charge in [0.1, 0.15) is 24.0 Å².